The quantitative estimate of drug-likeness (QED) is 0.0203. The van der Waals surface area contributed by atoms with Gasteiger partial charge >= 0.3 is 0 Å². The van der Waals surface area contributed by atoms with E-state index in [0.717, 1.165) is 115 Å². The van der Waals surface area contributed by atoms with Gasteiger partial charge in [0, 0.05) is 6.92 Å². The number of aliphatic hydroxyl groups is 11. The van der Waals surface area contributed by atoms with E-state index in [-0.39, 0.29) is 0 Å². The lowest BCUT2D eigenvalue weighted by Crippen LogP contribution is -2.68. The summed E-state index contributed by atoms with van der Waals surface area (Å²) in [5, 5.41) is 118. The summed E-state index contributed by atoms with van der Waals surface area (Å²) in [6.45, 7) is 22.5. The van der Waals surface area contributed by atoms with Crippen molar-refractivity contribution in [3.63, 3.8) is 0 Å². The first-order valence-electron chi connectivity index (χ1n) is 36.8. The van der Waals surface area contributed by atoms with Gasteiger partial charge in [-0.1, -0.05) is 116 Å². The lowest BCUT2D eigenvalue weighted by atomic mass is 9.95. The molecular formula is C76H125NO26P2-2. The van der Waals surface area contributed by atoms with E-state index in [4.69, 9.17) is 42.2 Å². The molecule has 4 heterocycles. The van der Waals surface area contributed by atoms with Crippen LogP contribution in [0.2, 0.25) is 0 Å². The Balaban J connectivity index is 1.17. The van der Waals surface area contributed by atoms with E-state index in [9.17, 15) is 79.9 Å². The van der Waals surface area contributed by atoms with Crippen molar-refractivity contribution >= 4 is 21.6 Å². The Bertz CT molecular complexity index is 3070. The Kier molecular flexibility index (Phi) is 42.5. The van der Waals surface area contributed by atoms with Gasteiger partial charge in [-0.25, -0.2) is 4.31 Å². The topological polar surface area (TPSA) is 424 Å². The molecule has 4 rings (SSSR count). The van der Waals surface area contributed by atoms with Gasteiger partial charge in [-0.3, -0.25) is 18.4 Å². The van der Waals surface area contributed by atoms with Gasteiger partial charge in [-0.2, -0.15) is 0 Å². The minimum atomic E-state index is -6.07. The number of phosphoric ester groups is 2. The fraction of sp³-hybridized carbons (Fsp3) is 0.724. The number of aliphatic hydroxyl groups excluding tert-OH is 11. The molecule has 0 spiro atoms. The van der Waals surface area contributed by atoms with Gasteiger partial charge in [-0.05, 0) is 199 Å². The van der Waals surface area contributed by atoms with E-state index < -0.39 is 171 Å². The second kappa shape index (κ2) is 47.6. The van der Waals surface area contributed by atoms with Gasteiger partial charge in [0.05, 0.1) is 32.5 Å². The molecule has 4 aliphatic heterocycles. The van der Waals surface area contributed by atoms with Crippen molar-refractivity contribution < 1.29 is 126 Å². The highest BCUT2D eigenvalue weighted by Crippen LogP contribution is 2.57. The number of carbonyl (C=O) groups excluding carboxylic acids is 1. The Morgan fingerprint density at radius 2 is 0.819 bits per heavy atom. The first kappa shape index (κ1) is 93.8. The van der Waals surface area contributed by atoms with Gasteiger partial charge in [0.25, 0.3) is 15.6 Å². The van der Waals surface area contributed by atoms with Crippen LogP contribution in [0.25, 0.3) is 0 Å². The predicted molar refractivity (Wildman–Crippen MR) is 392 cm³/mol. The van der Waals surface area contributed by atoms with Crippen LogP contribution < -0.4 is 15.1 Å². The number of carbonyl (C=O) groups is 1. The summed E-state index contributed by atoms with van der Waals surface area (Å²) in [5.74, 6) is -0.911. The van der Waals surface area contributed by atoms with Crippen LogP contribution in [0.15, 0.2) is 116 Å². The van der Waals surface area contributed by atoms with Crippen LogP contribution in [0, 0.1) is 0 Å². The third kappa shape index (κ3) is 33.5. The lowest BCUT2D eigenvalue weighted by Gasteiger charge is -2.48. The summed E-state index contributed by atoms with van der Waals surface area (Å²) in [4.78, 5) is 38.7. The zero-order chi connectivity index (χ0) is 78.3. The van der Waals surface area contributed by atoms with E-state index in [1.54, 1.807) is 6.92 Å². The van der Waals surface area contributed by atoms with Crippen LogP contribution >= 0.6 is 15.6 Å². The number of ether oxygens (including phenoxy) is 7. The minimum Gasteiger partial charge on any atom is -0.756 e. The fourth-order valence-electron chi connectivity index (χ4n) is 12.5. The second-order valence-electron chi connectivity index (χ2n) is 28.8. The van der Waals surface area contributed by atoms with E-state index >= 15 is 0 Å². The average Bonchev–Trinajstić information content (AvgIpc) is 1.17. The van der Waals surface area contributed by atoms with Gasteiger partial charge in [0.1, 0.15) is 91.5 Å². The summed E-state index contributed by atoms with van der Waals surface area (Å²) in [6.07, 6.45) is 5.95. The van der Waals surface area contributed by atoms with Crippen molar-refractivity contribution in [1.82, 2.24) is 5.32 Å². The Labute approximate surface area is 621 Å². The Hall–Kier alpha value is -3.59. The molecule has 0 aromatic carbocycles. The molecule has 4 saturated heterocycles. The third-order valence-corrected chi connectivity index (χ3v) is 21.5. The van der Waals surface area contributed by atoms with Crippen molar-refractivity contribution in [3.8, 4) is 0 Å². The molecule has 22 atom stereocenters. The van der Waals surface area contributed by atoms with Gasteiger partial charge < -0.3 is 109 Å². The number of allylic oxidation sites excluding steroid dienone is 19. The summed E-state index contributed by atoms with van der Waals surface area (Å²) in [6, 6.07) is -1.92. The standard InChI is InChI=1S/C76H127NO26P2/c1-46(2)23-14-24-47(3)25-15-26-48(4)27-16-28-49(5)29-17-30-50(6)31-18-32-51(7)33-19-34-52(8)35-20-36-53(9)37-21-38-54(10)39-22-40-55(11)41-42-94-104(90,91)103-105(92,93)102-73-61(77-57(13)81)72(62(83)59(44-79)96-73)101-74-66(87)63(84)69(56(12)95-74)98-76-68(89)65(86)71(100-76)60(45-80)97-75-67(88)64(85)70(99-75)58(82)43-78/h23,25,27,29,31,33,35,37,39,41,56,58-76,78-80,82-89H,14-22,24,26,28,30,32,34,36,38,40,42-45H2,1-13H3,(H,77,81)(H,90,91)(H,92,93)/p-2/b47-25+,48-27-,49-29-,50-31-,51-33-,52-35-,53-37-,54-39-,55-41-/t56-,58+,59+,60+,61+,62+,63-,64+,65+,66+,67+,68+,69-,70-,71-,72+,73+,74-,75+,76+/m0/s1. The van der Waals surface area contributed by atoms with Crippen LogP contribution in [-0.4, -0.2) is 211 Å². The first-order chi connectivity index (χ1) is 49.5. The maximum atomic E-state index is 13.3. The molecule has 1 amide bonds. The Morgan fingerprint density at radius 3 is 1.22 bits per heavy atom. The molecule has 29 heteroatoms. The highest BCUT2D eigenvalue weighted by molar-refractivity contribution is 7.59. The first-order valence-corrected chi connectivity index (χ1v) is 39.7. The van der Waals surface area contributed by atoms with E-state index in [2.05, 4.69) is 127 Å². The number of amides is 1. The highest BCUT2D eigenvalue weighted by Gasteiger charge is 2.56. The molecule has 0 aliphatic carbocycles. The van der Waals surface area contributed by atoms with Crippen LogP contribution in [0.4, 0.5) is 0 Å². The molecule has 4 fully saturated rings. The van der Waals surface area contributed by atoms with Crippen molar-refractivity contribution in [2.24, 2.45) is 0 Å². The Morgan fingerprint density at radius 1 is 0.448 bits per heavy atom. The van der Waals surface area contributed by atoms with Crippen LogP contribution in [-0.2, 0) is 60.4 Å². The molecule has 0 aromatic heterocycles. The molecule has 4 aliphatic rings. The van der Waals surface area contributed by atoms with E-state index in [1.807, 2.05) is 6.92 Å². The summed E-state index contributed by atoms with van der Waals surface area (Å²) < 4.78 is 79.7. The number of nitrogens with one attached hydrogen (secondary N) is 1. The zero-order valence-corrected chi connectivity index (χ0v) is 65.6. The zero-order valence-electron chi connectivity index (χ0n) is 63.8. The van der Waals surface area contributed by atoms with E-state index in [0.29, 0.717) is 12.8 Å². The average molecular weight is 1530 g/mol. The summed E-state index contributed by atoms with van der Waals surface area (Å²) in [5.41, 5.74) is 13.4. The van der Waals surface area contributed by atoms with Gasteiger partial charge in [0.2, 0.25) is 5.91 Å². The number of hydrogen-bond acceptors (Lipinski definition) is 26. The lowest BCUT2D eigenvalue weighted by molar-refractivity contribution is -0.353. The molecule has 0 radical (unpaired) electrons. The van der Waals surface area contributed by atoms with Crippen molar-refractivity contribution in [2.75, 3.05) is 26.4 Å². The molecule has 105 heavy (non-hydrogen) atoms. The molecule has 12 N–H and O–H groups in total. The molecule has 0 saturated carbocycles. The van der Waals surface area contributed by atoms with Crippen molar-refractivity contribution in [3.05, 3.63) is 116 Å². The summed E-state index contributed by atoms with van der Waals surface area (Å²) in [7, 11) is -11.8. The maximum absolute atomic E-state index is 13.3. The monoisotopic (exact) mass is 1530 g/mol. The maximum Gasteiger partial charge on any atom is 0.276 e. The van der Waals surface area contributed by atoms with Gasteiger partial charge in [-0.15, -0.1) is 0 Å². The summed E-state index contributed by atoms with van der Waals surface area (Å²) >= 11 is 0. The second-order valence-corrected chi connectivity index (χ2v) is 31.7. The van der Waals surface area contributed by atoms with Crippen LogP contribution in [0.3, 0.4) is 0 Å². The van der Waals surface area contributed by atoms with Crippen molar-refractivity contribution in [1.29, 1.82) is 0 Å². The smallest absolute Gasteiger partial charge is 0.276 e. The molecule has 2 unspecified atom stereocenters. The molecule has 0 aromatic rings. The van der Waals surface area contributed by atoms with Crippen LogP contribution in [0.5, 0.6) is 0 Å². The normalized spacial score (nSPS) is 31.2. The SMILES string of the molecule is CC(=O)N[C@H]1[C@@H](OP(=O)([O-])OP(=O)([O-])OC/C=C(/C)CC/C=C(/C)CC/C=C(/C)CC/C=C(/C)CC/C=C(/C)CC/C=C(/C)CC/C=C(/C)CC/C=C(/C)CC/C=C(\C)CCC=C(C)C)O[C@H](CO)[C@@H](O)[C@@H]1O[C@@H]1O[C@@H](C)[C@H](O[C@@H]2O[C@@H]([C@@H](CO)O[C@@H]3O[C@@H]([C@H](O)CO)[C@H](O)[C@H]3O)[C@H](O)[C@H]2O)[C@@H](O)[C@H]1O. The van der Waals surface area contributed by atoms with Crippen molar-refractivity contribution in [2.45, 2.75) is 328 Å². The molecule has 0 bridgehead atoms. The fourth-order valence-corrected chi connectivity index (χ4v) is 14.5. The van der Waals surface area contributed by atoms with E-state index in [1.165, 1.54) is 63.2 Å². The highest BCUT2D eigenvalue weighted by atomic mass is 31.3. The van der Waals surface area contributed by atoms with Crippen LogP contribution in [0.1, 0.15) is 206 Å². The molecule has 27 nitrogen and oxygen atoms in total. The minimum absolute atomic E-state index is 0.532. The molecule has 602 valence electrons. The largest absolute Gasteiger partial charge is 0.756 e. The number of rotatable bonds is 46. The van der Waals surface area contributed by atoms with Gasteiger partial charge in [0.15, 0.2) is 25.2 Å². The predicted octanol–water partition coefficient (Wildman–Crippen LogP) is 7.92. The number of hydrogen-bond donors (Lipinski definition) is 12. The third-order valence-electron chi connectivity index (χ3n) is 19.0. The molecular weight excluding hydrogens is 1400 g/mol. The number of phosphoric acid groups is 2.